The van der Waals surface area contributed by atoms with Gasteiger partial charge in [-0.3, -0.25) is 14.9 Å². The van der Waals surface area contributed by atoms with Crippen LogP contribution in [0.5, 0.6) is 0 Å². The molecular formula is C15H13FN2O3S. The summed E-state index contributed by atoms with van der Waals surface area (Å²) in [6, 6.07) is 10.4. The topological polar surface area (TPSA) is 72.2 Å². The molecule has 0 aliphatic carbocycles. The largest absolute Gasteiger partial charge is 0.325 e. The highest BCUT2D eigenvalue weighted by atomic mass is 32.2. The number of thioether (sulfide) groups is 1. The van der Waals surface area contributed by atoms with Crippen molar-refractivity contribution in [1.82, 2.24) is 0 Å². The number of amides is 1. The minimum Gasteiger partial charge on any atom is -0.325 e. The van der Waals surface area contributed by atoms with Gasteiger partial charge in [0.1, 0.15) is 5.82 Å². The van der Waals surface area contributed by atoms with E-state index in [4.69, 9.17) is 0 Å². The van der Waals surface area contributed by atoms with Crippen molar-refractivity contribution in [3.63, 3.8) is 0 Å². The van der Waals surface area contributed by atoms with E-state index < -0.39 is 10.7 Å². The Morgan fingerprint density at radius 2 is 2.09 bits per heavy atom. The summed E-state index contributed by atoms with van der Waals surface area (Å²) in [6.45, 7) is 1.76. The molecule has 1 N–H and O–H groups in total. The molecule has 114 valence electrons. The lowest BCUT2D eigenvalue weighted by Gasteiger charge is -2.06. The second kappa shape index (κ2) is 7.04. The Hall–Kier alpha value is -2.41. The first-order valence-corrected chi connectivity index (χ1v) is 7.37. The summed E-state index contributed by atoms with van der Waals surface area (Å²) in [4.78, 5) is 22.8. The maximum atomic E-state index is 13.0. The Balaban J connectivity index is 2.01. The van der Waals surface area contributed by atoms with Crippen LogP contribution in [0.15, 0.2) is 47.4 Å². The minimum atomic E-state index is -0.472. The molecule has 0 aliphatic heterocycles. The number of aryl methyl sites for hydroxylation is 1. The second-order valence-electron chi connectivity index (χ2n) is 4.58. The fourth-order valence-electron chi connectivity index (χ4n) is 1.80. The van der Waals surface area contributed by atoms with Gasteiger partial charge in [0.15, 0.2) is 0 Å². The molecule has 5 nitrogen and oxygen atoms in total. The SMILES string of the molecule is Cc1ccc(SCC(=O)Nc2cccc(F)c2)c([N+](=O)[O-])c1. The van der Waals surface area contributed by atoms with Crippen LogP contribution in [-0.2, 0) is 4.79 Å². The van der Waals surface area contributed by atoms with Gasteiger partial charge in [0.05, 0.1) is 15.6 Å². The Bertz CT molecular complexity index is 722. The Kier molecular flexibility index (Phi) is 5.11. The predicted octanol–water partition coefficient (Wildman–Crippen LogP) is 3.77. The first-order valence-electron chi connectivity index (χ1n) is 6.39. The number of hydrogen-bond acceptors (Lipinski definition) is 4. The second-order valence-corrected chi connectivity index (χ2v) is 5.59. The van der Waals surface area contributed by atoms with Gasteiger partial charge in [-0.2, -0.15) is 0 Å². The summed E-state index contributed by atoms with van der Waals surface area (Å²) in [5, 5.41) is 13.5. The quantitative estimate of drug-likeness (QED) is 0.517. The molecule has 1 amide bonds. The van der Waals surface area contributed by atoms with Gasteiger partial charge >= 0.3 is 0 Å². The highest BCUT2D eigenvalue weighted by molar-refractivity contribution is 8.00. The standard InChI is InChI=1S/C15H13FN2O3S/c1-10-5-6-14(13(7-10)18(20)21)22-9-15(19)17-12-4-2-3-11(16)8-12/h2-8H,9H2,1H3,(H,17,19). The molecule has 0 fully saturated rings. The third kappa shape index (κ3) is 4.29. The summed E-state index contributed by atoms with van der Waals surface area (Å²) in [7, 11) is 0. The van der Waals surface area contributed by atoms with Crippen LogP contribution in [0.1, 0.15) is 5.56 Å². The van der Waals surface area contributed by atoms with Gasteiger partial charge in [-0.1, -0.05) is 12.1 Å². The Labute approximate surface area is 130 Å². The number of carbonyl (C=O) groups excluding carboxylic acids is 1. The monoisotopic (exact) mass is 320 g/mol. The number of anilines is 1. The lowest BCUT2D eigenvalue weighted by molar-refractivity contribution is -0.387. The molecule has 2 rings (SSSR count). The number of hydrogen-bond donors (Lipinski definition) is 1. The van der Waals surface area contributed by atoms with E-state index in [-0.39, 0.29) is 17.3 Å². The lowest BCUT2D eigenvalue weighted by Crippen LogP contribution is -2.14. The maximum absolute atomic E-state index is 13.0. The van der Waals surface area contributed by atoms with Crippen LogP contribution in [0.3, 0.4) is 0 Å². The van der Waals surface area contributed by atoms with Crippen molar-refractivity contribution in [2.24, 2.45) is 0 Å². The Morgan fingerprint density at radius 1 is 1.32 bits per heavy atom. The molecule has 0 bridgehead atoms. The number of halogens is 1. The van der Waals surface area contributed by atoms with E-state index in [0.29, 0.717) is 10.6 Å². The molecule has 7 heteroatoms. The van der Waals surface area contributed by atoms with Crippen LogP contribution in [-0.4, -0.2) is 16.6 Å². The first kappa shape index (κ1) is 16.0. The van der Waals surface area contributed by atoms with Crippen LogP contribution in [0.2, 0.25) is 0 Å². The van der Waals surface area contributed by atoms with Crippen molar-refractivity contribution in [2.75, 3.05) is 11.1 Å². The zero-order valence-electron chi connectivity index (χ0n) is 11.7. The molecule has 0 spiro atoms. The summed E-state index contributed by atoms with van der Waals surface area (Å²) >= 11 is 1.07. The number of rotatable bonds is 5. The lowest BCUT2D eigenvalue weighted by atomic mass is 10.2. The highest BCUT2D eigenvalue weighted by Gasteiger charge is 2.15. The summed E-state index contributed by atoms with van der Waals surface area (Å²) in [6.07, 6.45) is 0. The zero-order valence-corrected chi connectivity index (χ0v) is 12.5. The van der Waals surface area contributed by atoms with Gasteiger partial charge < -0.3 is 5.32 Å². The van der Waals surface area contributed by atoms with Gasteiger partial charge in [0, 0.05) is 11.8 Å². The molecule has 0 unspecified atom stereocenters. The van der Waals surface area contributed by atoms with E-state index in [9.17, 15) is 19.3 Å². The van der Waals surface area contributed by atoms with Gasteiger partial charge in [-0.15, -0.1) is 11.8 Å². The smallest absolute Gasteiger partial charge is 0.283 e. The van der Waals surface area contributed by atoms with Gasteiger partial charge in [-0.25, -0.2) is 4.39 Å². The molecule has 0 radical (unpaired) electrons. The average Bonchev–Trinajstić information content (AvgIpc) is 2.45. The summed E-state index contributed by atoms with van der Waals surface area (Å²) in [5.74, 6) is -0.800. The Morgan fingerprint density at radius 3 is 2.77 bits per heavy atom. The van der Waals surface area contributed by atoms with Crippen LogP contribution in [0.25, 0.3) is 0 Å². The third-order valence-electron chi connectivity index (χ3n) is 2.78. The fourth-order valence-corrected chi connectivity index (χ4v) is 2.60. The molecular weight excluding hydrogens is 307 g/mol. The van der Waals surface area contributed by atoms with E-state index in [2.05, 4.69) is 5.32 Å². The fraction of sp³-hybridized carbons (Fsp3) is 0.133. The molecule has 0 saturated carbocycles. The maximum Gasteiger partial charge on any atom is 0.283 e. The predicted molar refractivity (Wildman–Crippen MR) is 83.6 cm³/mol. The molecule has 0 atom stereocenters. The average molecular weight is 320 g/mol. The molecule has 2 aromatic carbocycles. The normalized spacial score (nSPS) is 10.3. The van der Waals surface area contributed by atoms with Crippen molar-refractivity contribution in [3.8, 4) is 0 Å². The number of nitro benzene ring substituents is 1. The van der Waals surface area contributed by atoms with Gasteiger partial charge in [0.25, 0.3) is 5.69 Å². The summed E-state index contributed by atoms with van der Waals surface area (Å²) < 4.78 is 13.0. The van der Waals surface area contributed by atoms with Crippen molar-refractivity contribution >= 4 is 29.0 Å². The van der Waals surface area contributed by atoms with Crippen LogP contribution < -0.4 is 5.32 Å². The van der Waals surface area contributed by atoms with Crippen LogP contribution in [0, 0.1) is 22.9 Å². The van der Waals surface area contributed by atoms with Gasteiger partial charge in [-0.05, 0) is 36.8 Å². The minimum absolute atomic E-state index is 0.000411. The summed E-state index contributed by atoms with van der Waals surface area (Å²) in [5.41, 5.74) is 1.10. The van der Waals surface area contributed by atoms with Crippen molar-refractivity contribution < 1.29 is 14.1 Å². The van der Waals surface area contributed by atoms with Crippen molar-refractivity contribution in [1.29, 1.82) is 0 Å². The number of nitro groups is 1. The molecule has 0 saturated heterocycles. The van der Waals surface area contributed by atoms with Gasteiger partial charge in [0.2, 0.25) is 5.91 Å². The number of carbonyl (C=O) groups is 1. The molecule has 0 aromatic heterocycles. The highest BCUT2D eigenvalue weighted by Crippen LogP contribution is 2.30. The van der Waals surface area contributed by atoms with Crippen LogP contribution in [0.4, 0.5) is 15.8 Å². The van der Waals surface area contributed by atoms with Crippen molar-refractivity contribution in [3.05, 3.63) is 64.0 Å². The number of nitrogens with one attached hydrogen (secondary N) is 1. The van der Waals surface area contributed by atoms with E-state index in [1.165, 1.54) is 24.3 Å². The van der Waals surface area contributed by atoms with E-state index >= 15 is 0 Å². The zero-order chi connectivity index (χ0) is 16.1. The third-order valence-corrected chi connectivity index (χ3v) is 3.84. The van der Waals surface area contributed by atoms with E-state index in [0.717, 1.165) is 17.3 Å². The van der Waals surface area contributed by atoms with E-state index in [1.807, 2.05) is 0 Å². The number of nitrogens with zero attached hydrogens (tertiary/aromatic N) is 1. The van der Waals surface area contributed by atoms with Crippen molar-refractivity contribution in [2.45, 2.75) is 11.8 Å². The first-order chi connectivity index (χ1) is 10.5. The van der Waals surface area contributed by atoms with E-state index in [1.54, 1.807) is 25.1 Å². The molecule has 22 heavy (non-hydrogen) atoms. The number of benzene rings is 2. The van der Waals surface area contributed by atoms with Crippen LogP contribution >= 0.6 is 11.8 Å². The molecule has 0 aliphatic rings. The molecule has 0 heterocycles. The molecule has 2 aromatic rings.